The molecular formula is C11H22N2O2Si. The Morgan fingerprint density at radius 2 is 2.12 bits per heavy atom. The number of hydrogen-bond acceptors (Lipinski definition) is 3. The summed E-state index contributed by atoms with van der Waals surface area (Å²) < 4.78 is 12.7. The second-order valence-corrected chi connectivity index (χ2v) is 10.6. The van der Waals surface area contributed by atoms with E-state index >= 15 is 0 Å². The lowest BCUT2D eigenvalue weighted by molar-refractivity contribution is 0.0708. The Morgan fingerprint density at radius 3 is 2.75 bits per heavy atom. The normalized spacial score (nSPS) is 11.8. The van der Waals surface area contributed by atoms with E-state index < -0.39 is 8.07 Å². The van der Waals surface area contributed by atoms with E-state index in [0.29, 0.717) is 13.3 Å². The summed E-state index contributed by atoms with van der Waals surface area (Å²) in [5.41, 5.74) is 0. The molecule has 0 aliphatic rings. The summed E-state index contributed by atoms with van der Waals surface area (Å²) in [6.45, 7) is 10.9. The van der Waals surface area contributed by atoms with Gasteiger partial charge in [0.2, 0.25) is 5.88 Å². The maximum absolute atomic E-state index is 5.60. The van der Waals surface area contributed by atoms with Crippen LogP contribution < -0.4 is 4.74 Å². The fourth-order valence-electron chi connectivity index (χ4n) is 1.22. The van der Waals surface area contributed by atoms with Crippen LogP contribution >= 0.6 is 0 Å². The first-order valence-electron chi connectivity index (χ1n) is 5.75. The summed E-state index contributed by atoms with van der Waals surface area (Å²) in [4.78, 5) is 0. The quantitative estimate of drug-likeness (QED) is 0.544. The largest absolute Gasteiger partial charge is 0.478 e. The van der Waals surface area contributed by atoms with Crippen molar-refractivity contribution in [2.45, 2.75) is 39.3 Å². The molecule has 5 heteroatoms. The fourth-order valence-corrected chi connectivity index (χ4v) is 1.97. The molecule has 0 spiro atoms. The number of rotatable bonds is 7. The first-order valence-corrected chi connectivity index (χ1v) is 9.46. The third kappa shape index (κ3) is 4.81. The summed E-state index contributed by atoms with van der Waals surface area (Å²) in [6, 6.07) is 3.03. The molecule has 0 saturated carbocycles. The maximum Gasteiger partial charge on any atom is 0.213 e. The Balaban J connectivity index is 2.29. The van der Waals surface area contributed by atoms with Gasteiger partial charge in [-0.05, 0) is 13.0 Å². The molecule has 1 aromatic rings. The standard InChI is InChI=1S/C11H22N2O2Si/c1-5-15-11-6-7-12-13(11)10-14-8-9-16(2,3)4/h6-7H,5,8-10H2,1-4H3. The van der Waals surface area contributed by atoms with E-state index in [1.54, 1.807) is 10.9 Å². The highest BCUT2D eigenvalue weighted by molar-refractivity contribution is 6.76. The zero-order chi connectivity index (χ0) is 12.0. The summed E-state index contributed by atoms with van der Waals surface area (Å²) in [6.07, 6.45) is 1.73. The molecule has 0 N–H and O–H groups in total. The monoisotopic (exact) mass is 242 g/mol. The first-order chi connectivity index (χ1) is 7.53. The molecule has 0 unspecified atom stereocenters. The van der Waals surface area contributed by atoms with E-state index in [2.05, 4.69) is 24.7 Å². The summed E-state index contributed by atoms with van der Waals surface area (Å²) in [5.74, 6) is 0.774. The van der Waals surface area contributed by atoms with Gasteiger partial charge in [0.15, 0.2) is 0 Å². The van der Waals surface area contributed by atoms with E-state index in [1.807, 2.05) is 13.0 Å². The predicted molar refractivity (Wildman–Crippen MR) is 67.5 cm³/mol. The molecule has 0 saturated heterocycles. The molecule has 0 amide bonds. The zero-order valence-electron chi connectivity index (χ0n) is 10.7. The maximum atomic E-state index is 5.60. The van der Waals surface area contributed by atoms with Crippen LogP contribution in [0.4, 0.5) is 0 Å². The Hall–Kier alpha value is -0.813. The molecule has 1 heterocycles. The SMILES string of the molecule is CCOc1ccnn1COCC[Si](C)(C)C. The van der Waals surface area contributed by atoms with E-state index in [-0.39, 0.29) is 0 Å². The van der Waals surface area contributed by atoms with Crippen molar-refractivity contribution in [1.82, 2.24) is 9.78 Å². The highest BCUT2D eigenvalue weighted by Gasteiger charge is 2.12. The number of ether oxygens (including phenoxy) is 2. The second kappa shape index (κ2) is 6.05. The molecule has 0 aromatic carbocycles. The Bertz CT molecular complexity index is 307. The van der Waals surface area contributed by atoms with Crippen LogP contribution in [0.2, 0.25) is 25.7 Å². The van der Waals surface area contributed by atoms with Crippen LogP contribution in [-0.4, -0.2) is 31.1 Å². The summed E-state index contributed by atoms with van der Waals surface area (Å²) in [5, 5.41) is 4.15. The smallest absolute Gasteiger partial charge is 0.213 e. The van der Waals surface area contributed by atoms with Gasteiger partial charge in [-0.15, -0.1) is 0 Å². The van der Waals surface area contributed by atoms with Crippen LogP contribution in [0.3, 0.4) is 0 Å². The van der Waals surface area contributed by atoms with E-state index in [4.69, 9.17) is 9.47 Å². The van der Waals surface area contributed by atoms with Crippen LogP contribution in [-0.2, 0) is 11.5 Å². The van der Waals surface area contributed by atoms with Crippen molar-refractivity contribution in [3.8, 4) is 5.88 Å². The van der Waals surface area contributed by atoms with Gasteiger partial charge in [0.1, 0.15) is 6.73 Å². The van der Waals surface area contributed by atoms with E-state index in [1.165, 1.54) is 6.04 Å². The summed E-state index contributed by atoms with van der Waals surface area (Å²) >= 11 is 0. The van der Waals surface area contributed by atoms with Gasteiger partial charge >= 0.3 is 0 Å². The lowest BCUT2D eigenvalue weighted by Gasteiger charge is -2.15. The van der Waals surface area contributed by atoms with Crippen LogP contribution in [0.1, 0.15) is 6.92 Å². The average Bonchev–Trinajstić information content (AvgIpc) is 2.60. The minimum atomic E-state index is -0.994. The van der Waals surface area contributed by atoms with Crippen molar-refractivity contribution >= 4 is 8.07 Å². The molecule has 0 atom stereocenters. The average molecular weight is 242 g/mol. The number of aromatic nitrogens is 2. The number of hydrogen-bond donors (Lipinski definition) is 0. The Kier molecular flexibility index (Phi) is 5.01. The topological polar surface area (TPSA) is 36.3 Å². The Labute approximate surface area is 98.6 Å². The van der Waals surface area contributed by atoms with Gasteiger partial charge < -0.3 is 9.47 Å². The molecule has 0 radical (unpaired) electrons. The third-order valence-electron chi connectivity index (χ3n) is 2.18. The fraction of sp³-hybridized carbons (Fsp3) is 0.727. The molecule has 0 aliphatic carbocycles. The van der Waals surface area contributed by atoms with Crippen LogP contribution in [0.15, 0.2) is 12.3 Å². The predicted octanol–water partition coefficient (Wildman–Crippen LogP) is 2.59. The summed E-state index contributed by atoms with van der Waals surface area (Å²) in [7, 11) is -0.994. The third-order valence-corrected chi connectivity index (χ3v) is 3.88. The van der Waals surface area contributed by atoms with Gasteiger partial charge in [-0.25, -0.2) is 4.68 Å². The minimum absolute atomic E-state index is 0.479. The highest BCUT2D eigenvalue weighted by Crippen LogP contribution is 2.11. The van der Waals surface area contributed by atoms with Crippen molar-refractivity contribution in [1.29, 1.82) is 0 Å². The molecule has 1 aromatic heterocycles. The molecular weight excluding hydrogens is 220 g/mol. The second-order valence-electron chi connectivity index (χ2n) is 4.95. The molecule has 92 valence electrons. The van der Waals surface area contributed by atoms with Crippen LogP contribution in [0.5, 0.6) is 5.88 Å². The van der Waals surface area contributed by atoms with Gasteiger partial charge in [-0.1, -0.05) is 19.6 Å². The first kappa shape index (κ1) is 13.3. The van der Waals surface area contributed by atoms with Crippen LogP contribution in [0, 0.1) is 0 Å². The van der Waals surface area contributed by atoms with E-state index in [0.717, 1.165) is 12.5 Å². The van der Waals surface area contributed by atoms with Gasteiger partial charge in [-0.2, -0.15) is 5.10 Å². The molecule has 0 fully saturated rings. The Morgan fingerprint density at radius 1 is 1.38 bits per heavy atom. The van der Waals surface area contributed by atoms with E-state index in [9.17, 15) is 0 Å². The minimum Gasteiger partial charge on any atom is -0.478 e. The molecule has 16 heavy (non-hydrogen) atoms. The lowest BCUT2D eigenvalue weighted by Crippen LogP contribution is -2.22. The van der Waals surface area contributed by atoms with Gasteiger partial charge in [0, 0.05) is 20.7 Å². The number of nitrogens with zero attached hydrogens (tertiary/aromatic N) is 2. The van der Waals surface area contributed by atoms with Crippen molar-refractivity contribution in [3.63, 3.8) is 0 Å². The van der Waals surface area contributed by atoms with Crippen molar-refractivity contribution in [2.24, 2.45) is 0 Å². The lowest BCUT2D eigenvalue weighted by atomic mass is 10.7. The van der Waals surface area contributed by atoms with Gasteiger partial charge in [0.25, 0.3) is 0 Å². The molecule has 1 rings (SSSR count). The van der Waals surface area contributed by atoms with Crippen molar-refractivity contribution in [3.05, 3.63) is 12.3 Å². The van der Waals surface area contributed by atoms with Crippen molar-refractivity contribution < 1.29 is 9.47 Å². The molecule has 4 nitrogen and oxygen atoms in total. The highest BCUT2D eigenvalue weighted by atomic mass is 28.3. The van der Waals surface area contributed by atoms with Gasteiger partial charge in [-0.3, -0.25) is 0 Å². The van der Waals surface area contributed by atoms with Crippen molar-refractivity contribution in [2.75, 3.05) is 13.2 Å². The molecule has 0 aliphatic heterocycles. The van der Waals surface area contributed by atoms with Crippen LogP contribution in [0.25, 0.3) is 0 Å². The zero-order valence-corrected chi connectivity index (χ0v) is 11.7. The molecule has 0 bridgehead atoms. The van der Waals surface area contributed by atoms with Gasteiger partial charge in [0.05, 0.1) is 12.8 Å².